The van der Waals surface area contributed by atoms with Crippen molar-refractivity contribution in [2.24, 2.45) is 0 Å². The van der Waals surface area contributed by atoms with E-state index in [4.69, 9.17) is 0 Å². The zero-order valence-electron chi connectivity index (χ0n) is 18.0. The monoisotopic (exact) mass is 421 g/mol. The number of nitrogens with one attached hydrogen (secondary N) is 1. The van der Waals surface area contributed by atoms with Gasteiger partial charge in [-0.1, -0.05) is 26.0 Å². The summed E-state index contributed by atoms with van der Waals surface area (Å²) in [6, 6.07) is 13.3. The number of non-ortho nitro benzene ring substituents is 1. The molecule has 3 aromatic rings. The van der Waals surface area contributed by atoms with Crippen LogP contribution < -0.4 is 10.2 Å². The van der Waals surface area contributed by atoms with Crippen LogP contribution >= 0.6 is 0 Å². The summed E-state index contributed by atoms with van der Waals surface area (Å²) in [5, 5.41) is 14.7. The molecule has 1 amide bonds. The van der Waals surface area contributed by atoms with Crippen LogP contribution in [-0.2, 0) is 0 Å². The summed E-state index contributed by atoms with van der Waals surface area (Å²) < 4.78 is 0. The molecule has 0 atom stereocenters. The van der Waals surface area contributed by atoms with Gasteiger partial charge in [-0.05, 0) is 31.3 Å². The number of benzene rings is 2. The van der Waals surface area contributed by atoms with Crippen molar-refractivity contribution in [1.29, 1.82) is 0 Å². The quantitative estimate of drug-likeness (QED) is 0.502. The second-order valence-corrected chi connectivity index (χ2v) is 7.12. The van der Waals surface area contributed by atoms with Gasteiger partial charge in [-0.3, -0.25) is 19.9 Å². The maximum Gasteiger partial charge on any atom is 0.270 e. The van der Waals surface area contributed by atoms with Gasteiger partial charge in [-0.15, -0.1) is 0 Å². The number of nitro benzene ring substituents is 1. The van der Waals surface area contributed by atoms with Gasteiger partial charge in [0.05, 0.1) is 28.0 Å². The normalized spacial score (nSPS) is 14.0. The van der Waals surface area contributed by atoms with Crippen LogP contribution in [0.5, 0.6) is 0 Å². The number of rotatable bonds is 4. The molecule has 0 aliphatic carbocycles. The molecule has 1 aliphatic rings. The minimum absolute atomic E-state index is 0.116. The number of hydrogen-bond acceptors (Lipinski definition) is 6. The Bertz CT molecular complexity index is 1080. The van der Waals surface area contributed by atoms with Crippen molar-refractivity contribution >= 4 is 33.9 Å². The van der Waals surface area contributed by atoms with Gasteiger partial charge in [0.15, 0.2) is 0 Å². The molecule has 1 fully saturated rings. The van der Waals surface area contributed by atoms with Crippen molar-refractivity contribution in [3.8, 4) is 0 Å². The molecule has 0 spiro atoms. The number of amides is 1. The molecule has 1 aromatic heterocycles. The first-order valence-electron chi connectivity index (χ1n) is 10.4. The molecule has 4 rings (SSSR count). The van der Waals surface area contributed by atoms with Crippen molar-refractivity contribution in [1.82, 2.24) is 9.88 Å². The van der Waals surface area contributed by atoms with Crippen LogP contribution in [0.25, 0.3) is 10.9 Å². The molecule has 8 nitrogen and oxygen atoms in total. The highest BCUT2D eigenvalue weighted by Gasteiger charge is 2.17. The van der Waals surface area contributed by atoms with Crippen molar-refractivity contribution in [2.75, 3.05) is 43.4 Å². The van der Waals surface area contributed by atoms with Crippen molar-refractivity contribution < 1.29 is 9.72 Å². The Balaban J connectivity index is 0.00000132. The molecular formula is C23H27N5O3. The lowest BCUT2D eigenvalue weighted by Crippen LogP contribution is -2.44. The third-order valence-electron chi connectivity index (χ3n) is 5.15. The Morgan fingerprint density at radius 3 is 2.48 bits per heavy atom. The van der Waals surface area contributed by atoms with Gasteiger partial charge in [-0.2, -0.15) is 0 Å². The van der Waals surface area contributed by atoms with E-state index in [9.17, 15) is 14.9 Å². The Morgan fingerprint density at radius 1 is 1.06 bits per heavy atom. The van der Waals surface area contributed by atoms with Gasteiger partial charge in [0.25, 0.3) is 11.6 Å². The van der Waals surface area contributed by atoms with Crippen LogP contribution in [0, 0.1) is 10.1 Å². The average Bonchev–Trinajstić information content (AvgIpc) is 2.81. The number of carbonyl (C=O) groups excluding carboxylic acids is 1. The molecule has 1 aliphatic heterocycles. The highest BCUT2D eigenvalue weighted by molar-refractivity contribution is 6.09. The summed E-state index contributed by atoms with van der Waals surface area (Å²) in [7, 11) is 2.11. The molecule has 0 bridgehead atoms. The van der Waals surface area contributed by atoms with Gasteiger partial charge >= 0.3 is 0 Å². The van der Waals surface area contributed by atoms with Gasteiger partial charge < -0.3 is 15.1 Å². The zero-order valence-corrected chi connectivity index (χ0v) is 18.0. The molecule has 1 N–H and O–H groups in total. The number of aromatic nitrogens is 1. The fourth-order valence-electron chi connectivity index (χ4n) is 3.44. The molecule has 2 heterocycles. The fraction of sp³-hybridized carbons (Fsp3) is 0.304. The largest absolute Gasteiger partial charge is 0.368 e. The van der Waals surface area contributed by atoms with Crippen LogP contribution in [-0.4, -0.2) is 53.9 Å². The van der Waals surface area contributed by atoms with E-state index < -0.39 is 10.8 Å². The van der Waals surface area contributed by atoms with E-state index in [-0.39, 0.29) is 11.3 Å². The van der Waals surface area contributed by atoms with Gasteiger partial charge in [0, 0.05) is 49.3 Å². The Morgan fingerprint density at radius 2 is 1.77 bits per heavy atom. The predicted molar refractivity (Wildman–Crippen MR) is 124 cm³/mol. The van der Waals surface area contributed by atoms with Crippen molar-refractivity contribution in [3.63, 3.8) is 0 Å². The molecular weight excluding hydrogens is 394 g/mol. The lowest BCUT2D eigenvalue weighted by atomic mass is 10.1. The fourth-order valence-corrected chi connectivity index (χ4v) is 3.44. The van der Waals surface area contributed by atoms with Crippen LogP contribution in [0.15, 0.2) is 54.7 Å². The summed E-state index contributed by atoms with van der Waals surface area (Å²) in [5.74, 6) is -0.397. The van der Waals surface area contributed by atoms with E-state index >= 15 is 0 Å². The molecule has 162 valence electrons. The Hall–Kier alpha value is -3.52. The summed E-state index contributed by atoms with van der Waals surface area (Å²) in [5.41, 5.74) is 2.54. The minimum atomic E-state index is -0.513. The van der Waals surface area contributed by atoms with E-state index in [1.165, 1.54) is 18.2 Å². The highest BCUT2D eigenvalue weighted by atomic mass is 16.6. The molecule has 0 unspecified atom stereocenters. The molecule has 0 radical (unpaired) electrons. The minimum Gasteiger partial charge on any atom is -0.368 e. The number of likely N-dealkylation sites (N-methyl/N-ethyl adjacent to an activating group) is 1. The Labute approximate surface area is 181 Å². The molecule has 1 saturated heterocycles. The summed E-state index contributed by atoms with van der Waals surface area (Å²) in [6.07, 6.45) is 1.86. The lowest BCUT2D eigenvalue weighted by Gasteiger charge is -2.34. The maximum atomic E-state index is 12.7. The number of hydrogen-bond donors (Lipinski definition) is 1. The SMILES string of the molecule is CC.CN1CCN(c2cnc3cccc(NC(=O)c4cccc([N+](=O)[O-])c4)c3c2)CC1. The van der Waals surface area contributed by atoms with Crippen LogP contribution in [0.1, 0.15) is 24.2 Å². The highest BCUT2D eigenvalue weighted by Crippen LogP contribution is 2.27. The predicted octanol–water partition coefficient (Wildman–Crippen LogP) is 4.17. The first-order valence-corrected chi connectivity index (χ1v) is 10.4. The summed E-state index contributed by atoms with van der Waals surface area (Å²) >= 11 is 0. The second kappa shape index (κ2) is 9.99. The van der Waals surface area contributed by atoms with E-state index in [0.717, 1.165) is 42.8 Å². The number of pyridine rings is 1. The standard InChI is InChI=1S/C21H21N5O3.C2H6/c1-24-8-10-25(11-9-24)17-13-18-19(22-14-17)6-3-7-20(18)23-21(27)15-4-2-5-16(12-15)26(28)29;1-2/h2-7,12-14H,8-11H2,1H3,(H,23,27);1-2H3. The number of anilines is 2. The maximum absolute atomic E-state index is 12.7. The summed E-state index contributed by atoms with van der Waals surface area (Å²) in [4.78, 5) is 32.3. The smallest absolute Gasteiger partial charge is 0.270 e. The van der Waals surface area contributed by atoms with E-state index in [0.29, 0.717) is 5.69 Å². The third-order valence-corrected chi connectivity index (χ3v) is 5.15. The first kappa shape index (κ1) is 22.2. The lowest BCUT2D eigenvalue weighted by molar-refractivity contribution is -0.384. The number of carbonyl (C=O) groups is 1. The van der Waals surface area contributed by atoms with Gasteiger partial charge in [-0.25, -0.2) is 0 Å². The van der Waals surface area contributed by atoms with Gasteiger partial charge in [0.2, 0.25) is 0 Å². The topological polar surface area (TPSA) is 91.6 Å². The average molecular weight is 422 g/mol. The third kappa shape index (κ3) is 5.16. The van der Waals surface area contributed by atoms with Crippen LogP contribution in [0.2, 0.25) is 0 Å². The second-order valence-electron chi connectivity index (χ2n) is 7.12. The van der Waals surface area contributed by atoms with E-state index in [2.05, 4.69) is 27.1 Å². The Kier molecular flexibility index (Phi) is 7.15. The number of piperazine rings is 1. The zero-order chi connectivity index (χ0) is 22.4. The van der Waals surface area contributed by atoms with E-state index in [1.54, 1.807) is 6.07 Å². The number of fused-ring (bicyclic) bond motifs is 1. The molecule has 31 heavy (non-hydrogen) atoms. The van der Waals surface area contributed by atoms with E-state index in [1.807, 2.05) is 44.3 Å². The first-order chi connectivity index (χ1) is 15.0. The summed E-state index contributed by atoms with van der Waals surface area (Å²) in [6.45, 7) is 7.82. The molecule has 0 saturated carbocycles. The van der Waals surface area contributed by atoms with Crippen molar-refractivity contribution in [2.45, 2.75) is 13.8 Å². The van der Waals surface area contributed by atoms with Crippen molar-refractivity contribution in [3.05, 3.63) is 70.4 Å². The molecule has 8 heteroatoms. The molecule has 2 aromatic carbocycles. The number of nitro groups is 1. The van der Waals surface area contributed by atoms with Gasteiger partial charge in [0.1, 0.15) is 0 Å². The van der Waals surface area contributed by atoms with Crippen LogP contribution in [0.3, 0.4) is 0 Å². The number of nitrogens with zero attached hydrogens (tertiary/aromatic N) is 4. The van der Waals surface area contributed by atoms with Crippen LogP contribution in [0.4, 0.5) is 17.1 Å².